The van der Waals surface area contributed by atoms with Crippen LogP contribution in [0, 0.1) is 0 Å². The van der Waals surface area contributed by atoms with Gasteiger partial charge in [-0.05, 0) is 165 Å². The van der Waals surface area contributed by atoms with Gasteiger partial charge < -0.3 is 0 Å². The highest BCUT2D eigenvalue weighted by Gasteiger charge is 2.39. The summed E-state index contributed by atoms with van der Waals surface area (Å²) in [5.41, 5.74) is 25.0. The first kappa shape index (κ1) is 38.1. The minimum absolute atomic E-state index is 0.112. The van der Waals surface area contributed by atoms with Crippen LogP contribution in [0.2, 0.25) is 0 Å². The molecule has 0 aliphatic heterocycles. The van der Waals surface area contributed by atoms with Crippen LogP contribution in [-0.2, 0) is 16.2 Å². The maximum atomic E-state index is 4.86. The molecule has 2 nitrogen and oxygen atoms in total. The lowest BCUT2D eigenvalue weighted by atomic mass is 9.77. The molecule has 0 unspecified atom stereocenters. The summed E-state index contributed by atoms with van der Waals surface area (Å²) < 4.78 is 0. The van der Waals surface area contributed by atoms with E-state index >= 15 is 0 Å². The molecule has 0 spiro atoms. The Bertz CT molecular complexity index is 3660. The zero-order valence-corrected chi connectivity index (χ0v) is 37.7. The maximum Gasteiger partial charge on any atom is 0.0886 e. The molecule has 310 valence electrons. The second-order valence-corrected chi connectivity index (χ2v) is 20.1. The Morgan fingerprint density at radius 3 is 1.28 bits per heavy atom. The molecule has 8 aromatic carbocycles. The van der Waals surface area contributed by atoms with E-state index in [1.807, 2.05) is 30.6 Å². The topological polar surface area (TPSA) is 25.8 Å². The zero-order chi connectivity index (χ0) is 44.0. The van der Waals surface area contributed by atoms with Crippen LogP contribution < -0.4 is 0 Å². The van der Waals surface area contributed by atoms with E-state index in [0.717, 1.165) is 17.0 Å². The number of nitrogens with zero attached hydrogens (tertiary/aromatic N) is 2. The predicted molar refractivity (Wildman–Crippen MR) is 271 cm³/mol. The summed E-state index contributed by atoms with van der Waals surface area (Å²) in [5, 5.41) is 5.14. The number of pyridine rings is 2. The summed E-state index contributed by atoms with van der Waals surface area (Å²) in [6.07, 6.45) is 3.81. The van der Waals surface area contributed by atoms with Crippen LogP contribution in [0.4, 0.5) is 0 Å². The first-order valence-electron chi connectivity index (χ1n) is 23.1. The van der Waals surface area contributed by atoms with Crippen LogP contribution >= 0.6 is 0 Å². The lowest BCUT2D eigenvalue weighted by molar-refractivity contribution is 0.660. The molecule has 3 aliphatic carbocycles. The lowest BCUT2D eigenvalue weighted by Crippen LogP contribution is -2.15. The summed E-state index contributed by atoms with van der Waals surface area (Å²) >= 11 is 0. The fourth-order valence-corrected chi connectivity index (χ4v) is 12.2. The molecule has 0 fully saturated rings. The van der Waals surface area contributed by atoms with E-state index in [1.165, 1.54) is 116 Å². The first-order valence-corrected chi connectivity index (χ1v) is 23.1. The fraction of sp³-hybridized carbons (Fsp3) is 0.143. The first-order chi connectivity index (χ1) is 31.5. The smallest absolute Gasteiger partial charge is 0.0886 e. The number of rotatable bonds is 4. The molecule has 13 rings (SSSR count). The molecule has 0 atom stereocenters. The van der Waals surface area contributed by atoms with Gasteiger partial charge in [-0.3, -0.25) is 9.97 Å². The Balaban J connectivity index is 1.06. The normalized spacial score (nSPS) is 15.3. The van der Waals surface area contributed by atoms with Crippen molar-refractivity contribution in [1.29, 1.82) is 0 Å². The molecule has 10 aromatic rings. The minimum atomic E-state index is -0.246. The average Bonchev–Trinajstić information content (AvgIpc) is 3.81. The highest BCUT2D eigenvalue weighted by Crippen LogP contribution is 2.56. The summed E-state index contributed by atoms with van der Waals surface area (Å²) in [6.45, 7) is 14.4. The summed E-state index contributed by atoms with van der Waals surface area (Å²) in [5.74, 6) is 0. The SMILES string of the molecule is CC1(C)c2ccccc2-c2ccc(-c3c4ccccc4c(-c4ccc5c(c4)C(C)(C)c4ccccc4-5)c4cc5c(cc34)-c3ccc(-c4ccc(-c6ccccn6)nc4)cc3C5(C)C)cc21. The van der Waals surface area contributed by atoms with Crippen molar-refractivity contribution in [3.05, 3.63) is 216 Å². The van der Waals surface area contributed by atoms with E-state index in [2.05, 4.69) is 198 Å². The number of hydrogen-bond acceptors (Lipinski definition) is 2. The van der Waals surface area contributed by atoms with Crippen LogP contribution in [0.3, 0.4) is 0 Å². The molecule has 2 heteroatoms. The Hall–Kier alpha value is -7.42. The third-order valence-electron chi connectivity index (χ3n) is 15.6. The van der Waals surface area contributed by atoms with Gasteiger partial charge in [0.05, 0.1) is 11.4 Å². The molecule has 0 saturated heterocycles. The molecule has 0 amide bonds. The third kappa shape index (κ3) is 5.29. The largest absolute Gasteiger partial charge is 0.255 e. The van der Waals surface area contributed by atoms with Crippen molar-refractivity contribution in [3.8, 4) is 78.1 Å². The van der Waals surface area contributed by atoms with Crippen molar-refractivity contribution in [1.82, 2.24) is 9.97 Å². The molecule has 2 heterocycles. The summed E-state index contributed by atoms with van der Waals surface area (Å²) in [4.78, 5) is 9.39. The van der Waals surface area contributed by atoms with Crippen molar-refractivity contribution >= 4 is 21.5 Å². The standard InChI is InChI=1S/C63H48N2/c1-61(2)51-19-11-9-15-41(51)43-27-23-38(32-54(43)61)59-46-17-7-8-18-47(46)60(39-24-28-44-42-16-10-12-20-52(42)62(3,4)55(44)33-39)50-35-56-48(34-49(50)59)45-26-22-37(31-53(45)63(56,5)6)40-25-29-58(65-36-40)57-21-13-14-30-64-57/h7-36H,1-6H3. The van der Waals surface area contributed by atoms with Crippen molar-refractivity contribution in [2.75, 3.05) is 0 Å². The van der Waals surface area contributed by atoms with Crippen LogP contribution in [0.5, 0.6) is 0 Å². The summed E-state index contributed by atoms with van der Waals surface area (Å²) in [6, 6.07) is 64.1. The molecule has 0 N–H and O–H groups in total. The molecule has 0 saturated carbocycles. The number of aromatic nitrogens is 2. The Labute approximate surface area is 381 Å². The van der Waals surface area contributed by atoms with Crippen LogP contribution in [-0.4, -0.2) is 9.97 Å². The second kappa shape index (κ2) is 13.3. The van der Waals surface area contributed by atoms with Gasteiger partial charge in [0, 0.05) is 34.2 Å². The zero-order valence-electron chi connectivity index (χ0n) is 37.7. The van der Waals surface area contributed by atoms with E-state index in [1.54, 1.807) is 0 Å². The molecule has 0 bridgehead atoms. The van der Waals surface area contributed by atoms with E-state index in [-0.39, 0.29) is 16.2 Å². The van der Waals surface area contributed by atoms with Crippen molar-refractivity contribution in [3.63, 3.8) is 0 Å². The van der Waals surface area contributed by atoms with Gasteiger partial charge in [0.25, 0.3) is 0 Å². The molecular formula is C63H48N2. The molecule has 65 heavy (non-hydrogen) atoms. The van der Waals surface area contributed by atoms with Crippen LogP contribution in [0.15, 0.2) is 182 Å². The highest BCUT2D eigenvalue weighted by atomic mass is 14.8. The van der Waals surface area contributed by atoms with E-state index in [9.17, 15) is 0 Å². The van der Waals surface area contributed by atoms with Gasteiger partial charge in [-0.2, -0.15) is 0 Å². The molecule has 3 aliphatic rings. The monoisotopic (exact) mass is 832 g/mol. The Morgan fingerprint density at radius 2 is 0.723 bits per heavy atom. The highest BCUT2D eigenvalue weighted by molar-refractivity contribution is 6.23. The van der Waals surface area contributed by atoms with Gasteiger partial charge in [-0.1, -0.05) is 163 Å². The average molecular weight is 833 g/mol. The van der Waals surface area contributed by atoms with Crippen molar-refractivity contribution in [2.24, 2.45) is 0 Å². The van der Waals surface area contributed by atoms with Crippen molar-refractivity contribution in [2.45, 2.75) is 57.8 Å². The van der Waals surface area contributed by atoms with E-state index < -0.39 is 0 Å². The molecule has 2 aromatic heterocycles. The summed E-state index contributed by atoms with van der Waals surface area (Å²) in [7, 11) is 0. The fourth-order valence-electron chi connectivity index (χ4n) is 12.2. The Kier molecular flexibility index (Phi) is 7.80. The quantitative estimate of drug-likeness (QED) is 0.165. The lowest BCUT2D eigenvalue weighted by Gasteiger charge is -2.25. The van der Waals surface area contributed by atoms with Gasteiger partial charge in [0.1, 0.15) is 0 Å². The van der Waals surface area contributed by atoms with Gasteiger partial charge in [-0.25, -0.2) is 0 Å². The van der Waals surface area contributed by atoms with Crippen LogP contribution in [0.1, 0.15) is 74.9 Å². The predicted octanol–water partition coefficient (Wildman–Crippen LogP) is 16.4. The van der Waals surface area contributed by atoms with Gasteiger partial charge in [-0.15, -0.1) is 0 Å². The van der Waals surface area contributed by atoms with Gasteiger partial charge in [0.2, 0.25) is 0 Å². The second-order valence-electron chi connectivity index (χ2n) is 20.1. The maximum absolute atomic E-state index is 4.86. The van der Waals surface area contributed by atoms with E-state index in [4.69, 9.17) is 4.98 Å². The van der Waals surface area contributed by atoms with Gasteiger partial charge >= 0.3 is 0 Å². The minimum Gasteiger partial charge on any atom is -0.255 e. The van der Waals surface area contributed by atoms with Crippen molar-refractivity contribution < 1.29 is 0 Å². The van der Waals surface area contributed by atoms with Gasteiger partial charge in [0.15, 0.2) is 0 Å². The molecular weight excluding hydrogens is 785 g/mol. The Morgan fingerprint density at radius 1 is 0.292 bits per heavy atom. The van der Waals surface area contributed by atoms with Crippen LogP contribution in [0.25, 0.3) is 99.7 Å². The van der Waals surface area contributed by atoms with E-state index in [0.29, 0.717) is 0 Å². The third-order valence-corrected chi connectivity index (χ3v) is 15.6. The molecule has 0 radical (unpaired) electrons. The number of hydrogen-bond donors (Lipinski definition) is 0. The number of fused-ring (bicyclic) bond motifs is 11. The number of benzene rings is 8.